The number of carbonyl (C=O) groups is 1. The number of aromatic nitrogens is 3. The largest absolute Gasteiger partial charge is 0.444 e. The summed E-state index contributed by atoms with van der Waals surface area (Å²) in [4.78, 5) is 20.4. The number of nitriles is 1. The first kappa shape index (κ1) is 20.2. The average molecular weight is 402 g/mol. The molecule has 1 saturated carbocycles. The third kappa shape index (κ3) is 4.63. The van der Waals surface area contributed by atoms with E-state index in [-0.39, 0.29) is 5.92 Å². The maximum Gasteiger partial charge on any atom is 0.407 e. The first-order valence-electron chi connectivity index (χ1n) is 9.28. The SMILES string of the molecule is CC(C)(C)OC(=O)NCCC[C@@H]1C[C@@]1(C#N)c1cn(-c2ccc(Cl)cn2)cn1. The van der Waals surface area contributed by atoms with E-state index in [2.05, 4.69) is 21.4 Å². The van der Waals surface area contributed by atoms with Crippen LogP contribution >= 0.6 is 11.6 Å². The molecule has 1 fully saturated rings. The molecule has 2 heterocycles. The van der Waals surface area contributed by atoms with Crippen LogP contribution in [-0.4, -0.2) is 32.8 Å². The number of amides is 1. The lowest BCUT2D eigenvalue weighted by Crippen LogP contribution is -2.33. The molecular weight excluding hydrogens is 378 g/mol. The quantitative estimate of drug-likeness (QED) is 0.738. The van der Waals surface area contributed by atoms with Gasteiger partial charge in [0.05, 0.1) is 16.8 Å². The maximum absolute atomic E-state index is 11.7. The number of rotatable bonds is 6. The number of carbonyl (C=O) groups excluding carboxylic acids is 1. The smallest absolute Gasteiger partial charge is 0.407 e. The summed E-state index contributed by atoms with van der Waals surface area (Å²) in [6.45, 7) is 6.01. The summed E-state index contributed by atoms with van der Waals surface area (Å²) in [6.07, 6.45) is 7.10. The van der Waals surface area contributed by atoms with Crippen molar-refractivity contribution in [1.82, 2.24) is 19.9 Å². The summed E-state index contributed by atoms with van der Waals surface area (Å²) in [6, 6.07) is 6.01. The van der Waals surface area contributed by atoms with Gasteiger partial charge in [-0.15, -0.1) is 0 Å². The fourth-order valence-corrected chi connectivity index (χ4v) is 3.35. The van der Waals surface area contributed by atoms with Gasteiger partial charge in [-0.2, -0.15) is 5.26 Å². The van der Waals surface area contributed by atoms with Gasteiger partial charge in [0.2, 0.25) is 0 Å². The van der Waals surface area contributed by atoms with Crippen LogP contribution in [0.3, 0.4) is 0 Å². The number of alkyl carbamates (subject to hydrolysis) is 1. The summed E-state index contributed by atoms with van der Waals surface area (Å²) in [5.74, 6) is 0.939. The highest BCUT2D eigenvalue weighted by atomic mass is 35.5. The van der Waals surface area contributed by atoms with Gasteiger partial charge in [0.25, 0.3) is 0 Å². The zero-order valence-corrected chi connectivity index (χ0v) is 17.0. The van der Waals surface area contributed by atoms with Crippen LogP contribution in [0.4, 0.5) is 4.79 Å². The van der Waals surface area contributed by atoms with Crippen LogP contribution in [0.25, 0.3) is 5.82 Å². The van der Waals surface area contributed by atoms with Gasteiger partial charge in [-0.25, -0.2) is 14.8 Å². The van der Waals surface area contributed by atoms with E-state index in [1.54, 1.807) is 29.2 Å². The fourth-order valence-electron chi connectivity index (χ4n) is 3.24. The van der Waals surface area contributed by atoms with Crippen LogP contribution in [0, 0.1) is 17.2 Å². The number of imidazole rings is 1. The van der Waals surface area contributed by atoms with Gasteiger partial charge in [0, 0.05) is 18.9 Å². The van der Waals surface area contributed by atoms with Crippen LogP contribution < -0.4 is 5.32 Å². The van der Waals surface area contributed by atoms with Gasteiger partial charge in [0.15, 0.2) is 0 Å². The lowest BCUT2D eigenvalue weighted by atomic mass is 9.99. The first-order chi connectivity index (χ1) is 13.2. The minimum Gasteiger partial charge on any atom is -0.444 e. The van der Waals surface area contributed by atoms with E-state index < -0.39 is 17.1 Å². The molecule has 0 saturated heterocycles. The average Bonchev–Trinajstić information content (AvgIpc) is 3.12. The second-order valence-corrected chi connectivity index (χ2v) is 8.49. The third-order valence-electron chi connectivity index (χ3n) is 4.72. The molecule has 1 aliphatic rings. The molecule has 8 heteroatoms. The Hall–Kier alpha value is -2.59. The molecule has 3 rings (SSSR count). The number of hydrogen-bond acceptors (Lipinski definition) is 5. The molecule has 1 aliphatic carbocycles. The molecule has 0 aliphatic heterocycles. The Morgan fingerprint density at radius 1 is 1.46 bits per heavy atom. The Balaban J connectivity index is 1.53. The fraction of sp³-hybridized carbons (Fsp3) is 0.500. The van der Waals surface area contributed by atoms with Crippen LogP contribution in [0.2, 0.25) is 5.02 Å². The minimum absolute atomic E-state index is 0.236. The monoisotopic (exact) mass is 401 g/mol. The predicted octanol–water partition coefficient (Wildman–Crippen LogP) is 4.01. The Labute approximate surface area is 169 Å². The van der Waals surface area contributed by atoms with Crippen molar-refractivity contribution in [2.45, 2.75) is 51.0 Å². The molecule has 0 radical (unpaired) electrons. The van der Waals surface area contributed by atoms with E-state index >= 15 is 0 Å². The molecule has 7 nitrogen and oxygen atoms in total. The van der Waals surface area contributed by atoms with Crippen molar-refractivity contribution >= 4 is 17.7 Å². The summed E-state index contributed by atoms with van der Waals surface area (Å²) in [7, 11) is 0. The lowest BCUT2D eigenvalue weighted by molar-refractivity contribution is 0.0526. The van der Waals surface area contributed by atoms with Crippen molar-refractivity contribution < 1.29 is 9.53 Å². The summed E-state index contributed by atoms with van der Waals surface area (Å²) < 4.78 is 7.01. The molecule has 0 aromatic carbocycles. The Morgan fingerprint density at radius 3 is 2.89 bits per heavy atom. The molecule has 148 valence electrons. The van der Waals surface area contributed by atoms with E-state index in [9.17, 15) is 10.1 Å². The van der Waals surface area contributed by atoms with Crippen molar-refractivity contribution in [2.75, 3.05) is 6.54 Å². The molecule has 28 heavy (non-hydrogen) atoms. The van der Waals surface area contributed by atoms with Crippen molar-refractivity contribution in [3.8, 4) is 11.9 Å². The highest BCUT2D eigenvalue weighted by Crippen LogP contribution is 2.55. The molecule has 1 N–H and O–H groups in total. The molecule has 0 unspecified atom stereocenters. The second-order valence-electron chi connectivity index (χ2n) is 8.06. The summed E-state index contributed by atoms with van der Waals surface area (Å²) >= 11 is 5.88. The molecule has 1 amide bonds. The van der Waals surface area contributed by atoms with Gasteiger partial charge in [-0.1, -0.05) is 11.6 Å². The van der Waals surface area contributed by atoms with Gasteiger partial charge in [-0.05, 0) is 58.1 Å². The zero-order valence-electron chi connectivity index (χ0n) is 16.3. The maximum atomic E-state index is 11.7. The predicted molar refractivity (Wildman–Crippen MR) is 105 cm³/mol. The van der Waals surface area contributed by atoms with E-state index in [0.717, 1.165) is 25.0 Å². The number of halogens is 1. The molecule has 2 aromatic heterocycles. The topological polar surface area (TPSA) is 92.8 Å². The Bertz CT molecular complexity index is 881. The highest BCUT2D eigenvalue weighted by molar-refractivity contribution is 6.30. The molecular formula is C20H24ClN5O2. The summed E-state index contributed by atoms with van der Waals surface area (Å²) in [5, 5.41) is 13.1. The van der Waals surface area contributed by atoms with Crippen LogP contribution in [0.15, 0.2) is 30.9 Å². The molecule has 2 aromatic rings. The number of ether oxygens (including phenoxy) is 1. The van der Waals surface area contributed by atoms with E-state index in [4.69, 9.17) is 16.3 Å². The van der Waals surface area contributed by atoms with Crippen LogP contribution in [-0.2, 0) is 10.2 Å². The van der Waals surface area contributed by atoms with E-state index in [1.165, 1.54) is 0 Å². The number of nitrogens with one attached hydrogen (secondary N) is 1. The van der Waals surface area contributed by atoms with Gasteiger partial charge in [-0.3, -0.25) is 4.57 Å². The van der Waals surface area contributed by atoms with Crippen molar-refractivity contribution in [3.63, 3.8) is 0 Å². The molecule has 0 bridgehead atoms. The first-order valence-corrected chi connectivity index (χ1v) is 9.66. The van der Waals surface area contributed by atoms with Crippen molar-refractivity contribution in [1.29, 1.82) is 5.26 Å². The number of nitrogens with zero attached hydrogens (tertiary/aromatic N) is 4. The van der Waals surface area contributed by atoms with Crippen LogP contribution in [0.1, 0.15) is 45.7 Å². The lowest BCUT2D eigenvalue weighted by Gasteiger charge is -2.19. The third-order valence-corrected chi connectivity index (χ3v) is 4.94. The van der Waals surface area contributed by atoms with Gasteiger partial charge >= 0.3 is 6.09 Å². The van der Waals surface area contributed by atoms with E-state index in [1.807, 2.05) is 27.0 Å². The van der Waals surface area contributed by atoms with Gasteiger partial charge < -0.3 is 10.1 Å². The minimum atomic E-state index is -0.552. The second kappa shape index (κ2) is 7.80. The number of hydrogen-bond donors (Lipinski definition) is 1. The normalized spacial score (nSPS) is 21.0. The molecule has 2 atom stereocenters. The molecule has 0 spiro atoms. The Morgan fingerprint density at radius 2 is 2.25 bits per heavy atom. The van der Waals surface area contributed by atoms with Crippen LogP contribution in [0.5, 0.6) is 0 Å². The van der Waals surface area contributed by atoms with E-state index in [0.29, 0.717) is 17.4 Å². The van der Waals surface area contributed by atoms with Crippen molar-refractivity contribution in [3.05, 3.63) is 41.6 Å². The number of pyridine rings is 1. The van der Waals surface area contributed by atoms with Crippen molar-refractivity contribution in [2.24, 2.45) is 5.92 Å². The Kier molecular flexibility index (Phi) is 5.61. The summed E-state index contributed by atoms with van der Waals surface area (Å²) in [5.41, 5.74) is -0.297. The van der Waals surface area contributed by atoms with Gasteiger partial charge in [0.1, 0.15) is 23.2 Å². The standard InChI is InChI=1S/C20H24ClN5O2/c1-19(2,3)28-18(27)23-8-4-5-14-9-20(14,12-22)16-11-26(13-25-16)17-7-6-15(21)10-24-17/h6-7,10-11,13-14H,4-5,8-9H2,1-3H3,(H,23,27)/t14-,20+/m1/s1. The highest BCUT2D eigenvalue weighted by Gasteiger charge is 2.57. The zero-order chi connectivity index (χ0) is 20.4.